The standard InChI is InChI=1S/C3H6O.C2H4O2/c1-3-2-4-3;1-2-4-3-1/h3H,2H2,1H3;1-2H2. The maximum atomic E-state index is 4.71. The van der Waals surface area contributed by atoms with Crippen molar-refractivity contribution < 1.29 is 14.5 Å². The third-order valence-corrected chi connectivity index (χ3v) is 0.833. The highest BCUT2D eigenvalue weighted by Gasteiger charge is 2.13. The van der Waals surface area contributed by atoms with Crippen molar-refractivity contribution in [1.82, 2.24) is 0 Å². The average Bonchev–Trinajstić information content (AvgIpc) is 2.13. The maximum Gasteiger partial charge on any atom is 0.109 e. The summed E-state index contributed by atoms with van der Waals surface area (Å²) < 4.78 is 4.71. The van der Waals surface area contributed by atoms with Gasteiger partial charge in [0, 0.05) is 0 Å². The SMILES string of the molecule is C1COO1.CC1CO1. The summed E-state index contributed by atoms with van der Waals surface area (Å²) in [5.74, 6) is 0. The van der Waals surface area contributed by atoms with Gasteiger partial charge in [0.25, 0.3) is 0 Å². The Morgan fingerprint density at radius 2 is 1.50 bits per heavy atom. The van der Waals surface area contributed by atoms with E-state index in [2.05, 4.69) is 16.7 Å². The minimum atomic E-state index is 0.583. The molecule has 0 aromatic rings. The molecule has 2 heterocycles. The summed E-state index contributed by atoms with van der Waals surface area (Å²) in [5.41, 5.74) is 0. The molecule has 0 aromatic carbocycles. The van der Waals surface area contributed by atoms with Crippen molar-refractivity contribution in [2.45, 2.75) is 13.0 Å². The first kappa shape index (κ1) is 6.01. The van der Waals surface area contributed by atoms with Gasteiger partial charge in [-0.1, -0.05) is 0 Å². The third kappa shape index (κ3) is 2.96. The van der Waals surface area contributed by atoms with Gasteiger partial charge in [0.1, 0.15) is 13.2 Å². The number of rotatable bonds is 0. The summed E-state index contributed by atoms with van der Waals surface area (Å²) in [6, 6.07) is 0. The Morgan fingerprint density at radius 1 is 1.25 bits per heavy atom. The van der Waals surface area contributed by atoms with E-state index in [1.165, 1.54) is 0 Å². The van der Waals surface area contributed by atoms with Crippen molar-refractivity contribution in [3.05, 3.63) is 0 Å². The van der Waals surface area contributed by atoms with Crippen LogP contribution in [0.15, 0.2) is 0 Å². The molecule has 2 rings (SSSR count). The minimum absolute atomic E-state index is 0.583. The molecule has 0 radical (unpaired) electrons. The molecular formula is C5H10O3. The minimum Gasteiger partial charge on any atom is -0.373 e. The predicted octanol–water partition coefficient (Wildman–Crippen LogP) is 0.353. The highest BCUT2D eigenvalue weighted by atomic mass is 17.2. The van der Waals surface area contributed by atoms with Gasteiger partial charge >= 0.3 is 0 Å². The molecule has 1 atom stereocenters. The van der Waals surface area contributed by atoms with Crippen LogP contribution in [0.25, 0.3) is 0 Å². The fourth-order valence-electron chi connectivity index (χ4n) is 0.180. The fraction of sp³-hybridized carbons (Fsp3) is 1.00. The van der Waals surface area contributed by atoms with Gasteiger partial charge in [-0.25, -0.2) is 9.78 Å². The normalized spacial score (nSPS) is 31.9. The van der Waals surface area contributed by atoms with Crippen molar-refractivity contribution in [2.75, 3.05) is 19.8 Å². The summed E-state index contributed by atoms with van der Waals surface area (Å²) in [6.45, 7) is 4.60. The molecule has 0 aromatic heterocycles. The number of hydrogen-bond donors (Lipinski definition) is 0. The van der Waals surface area contributed by atoms with Crippen LogP contribution in [-0.4, -0.2) is 25.9 Å². The molecule has 2 aliphatic heterocycles. The predicted molar refractivity (Wildman–Crippen MR) is 27.3 cm³/mol. The molecule has 3 heteroatoms. The van der Waals surface area contributed by atoms with Crippen LogP contribution < -0.4 is 0 Å². The second-order valence-electron chi connectivity index (χ2n) is 1.79. The molecule has 0 bridgehead atoms. The molecule has 0 saturated carbocycles. The van der Waals surface area contributed by atoms with Gasteiger partial charge in [-0.15, -0.1) is 0 Å². The van der Waals surface area contributed by atoms with Crippen LogP contribution in [-0.2, 0) is 14.5 Å². The molecule has 8 heavy (non-hydrogen) atoms. The lowest BCUT2D eigenvalue weighted by molar-refractivity contribution is -0.382. The lowest BCUT2D eigenvalue weighted by Gasteiger charge is -2.08. The highest BCUT2D eigenvalue weighted by molar-refractivity contribution is 4.58. The molecule has 48 valence electrons. The molecule has 2 saturated heterocycles. The molecule has 3 nitrogen and oxygen atoms in total. The largest absolute Gasteiger partial charge is 0.373 e. The van der Waals surface area contributed by atoms with Crippen molar-refractivity contribution >= 4 is 0 Å². The first-order valence-electron chi connectivity index (χ1n) is 2.75. The summed E-state index contributed by atoms with van der Waals surface area (Å²) >= 11 is 0. The first-order valence-corrected chi connectivity index (χ1v) is 2.75. The Bertz CT molecular complexity index is 52.7. The van der Waals surface area contributed by atoms with Gasteiger partial charge in [-0.3, -0.25) is 0 Å². The number of epoxide rings is 1. The summed E-state index contributed by atoms with van der Waals surface area (Å²) in [7, 11) is 0. The van der Waals surface area contributed by atoms with Gasteiger partial charge in [-0.2, -0.15) is 0 Å². The van der Waals surface area contributed by atoms with E-state index in [4.69, 9.17) is 4.74 Å². The Balaban J connectivity index is 0.0000000800. The topological polar surface area (TPSA) is 31.0 Å². The van der Waals surface area contributed by atoms with Crippen LogP contribution >= 0.6 is 0 Å². The molecule has 0 N–H and O–H groups in total. The van der Waals surface area contributed by atoms with E-state index in [-0.39, 0.29) is 0 Å². The first-order chi connectivity index (χ1) is 3.89. The van der Waals surface area contributed by atoms with Gasteiger partial charge in [0.2, 0.25) is 0 Å². The highest BCUT2D eigenvalue weighted by Crippen LogP contribution is 2.04. The van der Waals surface area contributed by atoms with Crippen LogP contribution in [0, 0.1) is 0 Å². The zero-order chi connectivity index (χ0) is 5.82. The van der Waals surface area contributed by atoms with Crippen LogP contribution in [0.5, 0.6) is 0 Å². The molecule has 0 spiro atoms. The Hall–Kier alpha value is -0.120. The van der Waals surface area contributed by atoms with Crippen LogP contribution in [0.4, 0.5) is 0 Å². The monoisotopic (exact) mass is 118 g/mol. The van der Waals surface area contributed by atoms with E-state index in [0.29, 0.717) is 6.10 Å². The van der Waals surface area contributed by atoms with E-state index in [9.17, 15) is 0 Å². The third-order valence-electron chi connectivity index (χ3n) is 0.833. The molecule has 0 amide bonds. The second-order valence-corrected chi connectivity index (χ2v) is 1.79. The van der Waals surface area contributed by atoms with E-state index in [1.54, 1.807) is 0 Å². The van der Waals surface area contributed by atoms with Crippen molar-refractivity contribution in [3.63, 3.8) is 0 Å². The lowest BCUT2D eigenvalue weighted by Crippen LogP contribution is -2.14. The van der Waals surface area contributed by atoms with Crippen molar-refractivity contribution in [3.8, 4) is 0 Å². The van der Waals surface area contributed by atoms with E-state index < -0.39 is 0 Å². The Morgan fingerprint density at radius 3 is 1.50 bits per heavy atom. The zero-order valence-corrected chi connectivity index (χ0v) is 4.92. The van der Waals surface area contributed by atoms with Crippen molar-refractivity contribution in [1.29, 1.82) is 0 Å². The number of ether oxygens (including phenoxy) is 1. The fourth-order valence-corrected chi connectivity index (χ4v) is 0.180. The summed E-state index contributed by atoms with van der Waals surface area (Å²) in [4.78, 5) is 8.44. The van der Waals surface area contributed by atoms with Gasteiger partial charge in [0.15, 0.2) is 0 Å². The van der Waals surface area contributed by atoms with Gasteiger partial charge in [-0.05, 0) is 6.92 Å². The molecule has 2 fully saturated rings. The summed E-state index contributed by atoms with van der Waals surface area (Å²) in [6.07, 6.45) is 0.583. The van der Waals surface area contributed by atoms with Crippen LogP contribution in [0.3, 0.4) is 0 Å². The van der Waals surface area contributed by atoms with E-state index >= 15 is 0 Å². The maximum absolute atomic E-state index is 4.71. The van der Waals surface area contributed by atoms with Crippen LogP contribution in [0.2, 0.25) is 0 Å². The van der Waals surface area contributed by atoms with Gasteiger partial charge in [0.05, 0.1) is 12.7 Å². The summed E-state index contributed by atoms with van der Waals surface area (Å²) in [5, 5.41) is 0. The molecule has 2 aliphatic rings. The smallest absolute Gasteiger partial charge is 0.109 e. The Kier molecular flexibility index (Phi) is 2.27. The quantitative estimate of drug-likeness (QED) is 0.340. The molecular weight excluding hydrogens is 108 g/mol. The van der Waals surface area contributed by atoms with E-state index in [0.717, 1.165) is 19.8 Å². The average molecular weight is 118 g/mol. The molecule has 1 unspecified atom stereocenters. The zero-order valence-electron chi connectivity index (χ0n) is 4.92. The Labute approximate surface area is 48.5 Å². The lowest BCUT2D eigenvalue weighted by atomic mass is 10.6. The van der Waals surface area contributed by atoms with Gasteiger partial charge < -0.3 is 4.74 Å². The number of hydrogen-bond acceptors (Lipinski definition) is 3. The molecule has 0 aliphatic carbocycles. The second kappa shape index (κ2) is 3.02. The van der Waals surface area contributed by atoms with Crippen LogP contribution in [0.1, 0.15) is 6.92 Å². The van der Waals surface area contributed by atoms with Crippen molar-refractivity contribution in [2.24, 2.45) is 0 Å². The van der Waals surface area contributed by atoms with E-state index in [1.807, 2.05) is 0 Å².